The maximum Gasteiger partial charge on any atom is 0.194 e. The third kappa shape index (κ3) is 3.29. The van der Waals surface area contributed by atoms with Gasteiger partial charge >= 0.3 is 0 Å². The monoisotopic (exact) mass is 235 g/mol. The molecule has 0 N–H and O–H groups in total. The van der Waals surface area contributed by atoms with Crippen molar-refractivity contribution in [1.82, 2.24) is 14.9 Å². The quantitative estimate of drug-likeness (QED) is 0.746. The Balaban J connectivity index is 2.58. The molecule has 0 aliphatic rings. The minimum absolute atomic E-state index is 0.240. The van der Waals surface area contributed by atoms with E-state index in [0.29, 0.717) is 12.4 Å². The first-order valence-corrected chi connectivity index (χ1v) is 4.80. The van der Waals surface area contributed by atoms with Gasteiger partial charge in [0.15, 0.2) is 16.1 Å². The Hall–Kier alpha value is -0.580. The van der Waals surface area contributed by atoms with Crippen LogP contribution >= 0.6 is 23.2 Å². The Morgan fingerprint density at radius 2 is 1.86 bits per heavy atom. The summed E-state index contributed by atoms with van der Waals surface area (Å²) in [6.45, 7) is 1.28. The maximum atomic E-state index is 5.77. The molecule has 0 aromatic carbocycles. The van der Waals surface area contributed by atoms with Crippen LogP contribution in [0.1, 0.15) is 0 Å². The van der Waals surface area contributed by atoms with Crippen molar-refractivity contribution in [1.29, 1.82) is 0 Å². The highest BCUT2D eigenvalue weighted by Crippen LogP contribution is 2.28. The molecule has 0 bridgehead atoms. The second kappa shape index (κ2) is 5.34. The molecule has 0 radical (unpaired) electrons. The van der Waals surface area contributed by atoms with Gasteiger partial charge in [-0.1, -0.05) is 23.2 Å². The van der Waals surface area contributed by atoms with Crippen molar-refractivity contribution in [2.75, 3.05) is 27.2 Å². The first kappa shape index (κ1) is 11.5. The van der Waals surface area contributed by atoms with E-state index in [-0.39, 0.29) is 10.3 Å². The molecule has 0 fully saturated rings. The third-order valence-corrected chi connectivity index (χ3v) is 2.04. The summed E-state index contributed by atoms with van der Waals surface area (Å²) in [7, 11) is 3.90. The van der Waals surface area contributed by atoms with Crippen LogP contribution in [0.2, 0.25) is 10.3 Å². The van der Waals surface area contributed by atoms with E-state index < -0.39 is 0 Å². The van der Waals surface area contributed by atoms with Crippen molar-refractivity contribution in [3.05, 3.63) is 16.6 Å². The topological polar surface area (TPSA) is 38.2 Å². The zero-order valence-electron chi connectivity index (χ0n) is 8.00. The van der Waals surface area contributed by atoms with Gasteiger partial charge in [0.25, 0.3) is 0 Å². The van der Waals surface area contributed by atoms with E-state index >= 15 is 0 Å². The molecule has 4 nitrogen and oxygen atoms in total. The molecule has 1 aromatic heterocycles. The summed E-state index contributed by atoms with van der Waals surface area (Å²) in [5.41, 5.74) is 0. The molecule has 14 heavy (non-hydrogen) atoms. The number of aromatic nitrogens is 2. The Morgan fingerprint density at radius 1 is 1.29 bits per heavy atom. The lowest BCUT2D eigenvalue weighted by atomic mass is 10.6. The van der Waals surface area contributed by atoms with E-state index in [1.54, 1.807) is 0 Å². The molecule has 0 amide bonds. The summed E-state index contributed by atoms with van der Waals surface area (Å²) in [5, 5.41) is 0.479. The summed E-state index contributed by atoms with van der Waals surface area (Å²) in [6.07, 6.45) is 1.30. The molecule has 0 unspecified atom stereocenters. The fraction of sp³-hybridized carbons (Fsp3) is 0.500. The van der Waals surface area contributed by atoms with Gasteiger partial charge in [-0.3, -0.25) is 0 Å². The van der Waals surface area contributed by atoms with E-state index in [0.717, 1.165) is 6.54 Å². The number of likely N-dealkylation sites (N-methyl/N-ethyl adjacent to an activating group) is 1. The van der Waals surface area contributed by atoms with Crippen LogP contribution in [-0.4, -0.2) is 42.1 Å². The summed E-state index contributed by atoms with van der Waals surface area (Å²) in [6, 6.07) is 0. The molecule has 0 saturated carbocycles. The summed E-state index contributed by atoms with van der Waals surface area (Å²) in [5.74, 6) is 0.345. The van der Waals surface area contributed by atoms with Crippen molar-refractivity contribution in [3.63, 3.8) is 0 Å². The van der Waals surface area contributed by atoms with E-state index in [2.05, 4.69) is 9.97 Å². The first-order valence-electron chi connectivity index (χ1n) is 4.05. The largest absolute Gasteiger partial charge is 0.486 e. The van der Waals surface area contributed by atoms with Gasteiger partial charge in [0.2, 0.25) is 0 Å². The minimum atomic E-state index is 0.240. The predicted molar refractivity (Wildman–Crippen MR) is 56.1 cm³/mol. The SMILES string of the molecule is CN(C)CCOc1c(Cl)ncnc1Cl. The standard InChI is InChI=1S/C8H11Cl2N3O/c1-13(2)3-4-14-6-7(9)11-5-12-8(6)10/h5H,3-4H2,1-2H3. The van der Waals surface area contributed by atoms with Crippen molar-refractivity contribution in [2.24, 2.45) is 0 Å². The zero-order valence-corrected chi connectivity index (χ0v) is 9.51. The molecular weight excluding hydrogens is 225 g/mol. The van der Waals surface area contributed by atoms with Crippen LogP contribution in [0.5, 0.6) is 5.75 Å². The Labute approximate surface area is 92.8 Å². The molecule has 6 heteroatoms. The van der Waals surface area contributed by atoms with Crippen LogP contribution in [0.4, 0.5) is 0 Å². The average Bonchev–Trinajstić information content (AvgIpc) is 2.09. The molecule has 1 aromatic rings. The highest BCUT2D eigenvalue weighted by Gasteiger charge is 2.08. The van der Waals surface area contributed by atoms with Crippen LogP contribution in [0.3, 0.4) is 0 Å². The molecule has 0 aliphatic heterocycles. The summed E-state index contributed by atoms with van der Waals surface area (Å²) >= 11 is 11.5. The smallest absolute Gasteiger partial charge is 0.194 e. The third-order valence-electron chi connectivity index (χ3n) is 1.50. The van der Waals surface area contributed by atoms with Crippen molar-refractivity contribution in [3.8, 4) is 5.75 Å². The molecule has 0 spiro atoms. The first-order chi connectivity index (χ1) is 6.61. The number of halogens is 2. The predicted octanol–water partition coefficient (Wildman–Crippen LogP) is 1.72. The Kier molecular flexibility index (Phi) is 4.38. The number of ether oxygens (including phenoxy) is 1. The normalized spacial score (nSPS) is 10.6. The fourth-order valence-electron chi connectivity index (χ4n) is 0.782. The van der Waals surface area contributed by atoms with Gasteiger partial charge in [0.05, 0.1) is 0 Å². The Bertz CT molecular complexity index is 286. The maximum absolute atomic E-state index is 5.77. The molecule has 0 atom stereocenters. The van der Waals surface area contributed by atoms with E-state index in [4.69, 9.17) is 27.9 Å². The highest BCUT2D eigenvalue weighted by atomic mass is 35.5. The molecule has 0 saturated heterocycles. The lowest BCUT2D eigenvalue weighted by Crippen LogP contribution is -2.19. The van der Waals surface area contributed by atoms with Crippen LogP contribution in [-0.2, 0) is 0 Å². The van der Waals surface area contributed by atoms with Gasteiger partial charge in [-0.15, -0.1) is 0 Å². The van der Waals surface area contributed by atoms with Crippen LogP contribution in [0.25, 0.3) is 0 Å². The number of hydrogen-bond donors (Lipinski definition) is 0. The fourth-order valence-corrected chi connectivity index (χ4v) is 1.21. The molecule has 0 aliphatic carbocycles. The number of nitrogens with zero attached hydrogens (tertiary/aromatic N) is 3. The molecule has 1 rings (SSSR count). The van der Waals surface area contributed by atoms with Crippen molar-refractivity contribution >= 4 is 23.2 Å². The molecular formula is C8H11Cl2N3O. The van der Waals surface area contributed by atoms with E-state index in [1.165, 1.54) is 6.33 Å². The van der Waals surface area contributed by atoms with Gasteiger partial charge in [-0.2, -0.15) is 0 Å². The van der Waals surface area contributed by atoms with Crippen LogP contribution < -0.4 is 4.74 Å². The van der Waals surface area contributed by atoms with Gasteiger partial charge in [0, 0.05) is 6.54 Å². The van der Waals surface area contributed by atoms with Gasteiger partial charge < -0.3 is 9.64 Å². The molecule has 1 heterocycles. The van der Waals surface area contributed by atoms with Gasteiger partial charge in [0.1, 0.15) is 12.9 Å². The second-order valence-electron chi connectivity index (χ2n) is 2.94. The highest BCUT2D eigenvalue weighted by molar-refractivity contribution is 6.35. The van der Waals surface area contributed by atoms with Gasteiger partial charge in [-0.25, -0.2) is 9.97 Å². The zero-order chi connectivity index (χ0) is 10.6. The minimum Gasteiger partial charge on any atom is -0.486 e. The lowest BCUT2D eigenvalue weighted by molar-refractivity contribution is 0.260. The second-order valence-corrected chi connectivity index (χ2v) is 3.65. The Morgan fingerprint density at radius 3 is 2.36 bits per heavy atom. The van der Waals surface area contributed by atoms with Crippen LogP contribution in [0, 0.1) is 0 Å². The van der Waals surface area contributed by atoms with E-state index in [9.17, 15) is 0 Å². The van der Waals surface area contributed by atoms with Crippen molar-refractivity contribution < 1.29 is 4.74 Å². The van der Waals surface area contributed by atoms with E-state index in [1.807, 2.05) is 19.0 Å². The number of rotatable bonds is 4. The molecule has 78 valence electrons. The summed E-state index contributed by atoms with van der Waals surface area (Å²) < 4.78 is 5.35. The lowest BCUT2D eigenvalue weighted by Gasteiger charge is -2.11. The number of hydrogen-bond acceptors (Lipinski definition) is 4. The average molecular weight is 236 g/mol. The van der Waals surface area contributed by atoms with Gasteiger partial charge in [-0.05, 0) is 14.1 Å². The van der Waals surface area contributed by atoms with Crippen molar-refractivity contribution in [2.45, 2.75) is 0 Å². The van der Waals surface area contributed by atoms with Crippen LogP contribution in [0.15, 0.2) is 6.33 Å². The summed E-state index contributed by atoms with van der Waals surface area (Å²) in [4.78, 5) is 9.53.